The lowest BCUT2D eigenvalue weighted by Gasteiger charge is -2.18. The van der Waals surface area contributed by atoms with Crippen LogP contribution in [0.3, 0.4) is 0 Å². The van der Waals surface area contributed by atoms with Crippen LogP contribution in [0.2, 0.25) is 10.0 Å². The Bertz CT molecular complexity index is 747. The molecular formula is C21H25Cl2NO2S. The molecule has 0 heterocycles. The fourth-order valence-corrected chi connectivity index (χ4v) is 4.14. The van der Waals surface area contributed by atoms with Gasteiger partial charge in [-0.1, -0.05) is 61.3 Å². The van der Waals surface area contributed by atoms with Crippen molar-refractivity contribution in [1.82, 2.24) is 5.32 Å². The van der Waals surface area contributed by atoms with E-state index in [0.717, 1.165) is 22.6 Å². The highest BCUT2D eigenvalue weighted by molar-refractivity contribution is 7.98. The van der Waals surface area contributed by atoms with Gasteiger partial charge in [0, 0.05) is 28.1 Å². The van der Waals surface area contributed by atoms with Crippen LogP contribution in [0, 0.1) is 0 Å². The average molecular weight is 426 g/mol. The van der Waals surface area contributed by atoms with Gasteiger partial charge in [0.1, 0.15) is 5.75 Å². The summed E-state index contributed by atoms with van der Waals surface area (Å²) in [6.07, 6.45) is -0.548. The molecular weight excluding hydrogens is 401 g/mol. The van der Waals surface area contributed by atoms with Gasteiger partial charge in [-0.25, -0.2) is 0 Å². The molecule has 0 saturated heterocycles. The van der Waals surface area contributed by atoms with Crippen LogP contribution >= 0.6 is 35.0 Å². The summed E-state index contributed by atoms with van der Waals surface area (Å²) in [5.74, 6) is 2.46. The van der Waals surface area contributed by atoms with Crippen molar-refractivity contribution in [2.24, 2.45) is 0 Å². The number of carbonyl (C=O) groups excluding carboxylic acids is 1. The van der Waals surface area contributed by atoms with E-state index < -0.39 is 6.10 Å². The lowest BCUT2D eigenvalue weighted by atomic mass is 10.0. The van der Waals surface area contributed by atoms with Crippen molar-refractivity contribution in [1.29, 1.82) is 0 Å². The van der Waals surface area contributed by atoms with Crippen LogP contribution in [-0.2, 0) is 10.5 Å². The van der Waals surface area contributed by atoms with Crippen molar-refractivity contribution in [3.63, 3.8) is 0 Å². The van der Waals surface area contributed by atoms with Gasteiger partial charge in [-0.2, -0.15) is 11.8 Å². The molecule has 0 spiro atoms. The lowest BCUT2D eigenvalue weighted by molar-refractivity contribution is -0.127. The third-order valence-corrected chi connectivity index (χ3v) is 5.76. The predicted octanol–water partition coefficient (Wildman–Crippen LogP) is 5.93. The number of amides is 1. The van der Waals surface area contributed by atoms with Crippen molar-refractivity contribution < 1.29 is 9.53 Å². The average Bonchev–Trinajstić information content (AvgIpc) is 2.63. The van der Waals surface area contributed by atoms with Gasteiger partial charge in [0.25, 0.3) is 5.91 Å². The topological polar surface area (TPSA) is 38.3 Å². The monoisotopic (exact) mass is 425 g/mol. The van der Waals surface area contributed by atoms with Gasteiger partial charge >= 0.3 is 0 Å². The molecule has 0 saturated carbocycles. The van der Waals surface area contributed by atoms with Gasteiger partial charge in [0.05, 0.1) is 0 Å². The second-order valence-electron chi connectivity index (χ2n) is 6.50. The zero-order chi connectivity index (χ0) is 19.8. The van der Waals surface area contributed by atoms with Crippen molar-refractivity contribution in [2.75, 3.05) is 12.3 Å². The van der Waals surface area contributed by atoms with Gasteiger partial charge < -0.3 is 10.1 Å². The first-order valence-electron chi connectivity index (χ1n) is 8.94. The van der Waals surface area contributed by atoms with Crippen LogP contribution in [0.1, 0.15) is 37.8 Å². The van der Waals surface area contributed by atoms with E-state index in [1.165, 1.54) is 0 Å². The van der Waals surface area contributed by atoms with E-state index >= 15 is 0 Å². The Labute approximate surface area is 175 Å². The number of hydrogen-bond acceptors (Lipinski definition) is 3. The number of hydrogen-bond donors (Lipinski definition) is 1. The highest BCUT2D eigenvalue weighted by Crippen LogP contribution is 2.28. The van der Waals surface area contributed by atoms with Gasteiger partial charge in [0.15, 0.2) is 6.10 Å². The number of nitrogens with one attached hydrogen (secondary N) is 1. The first-order chi connectivity index (χ1) is 12.9. The number of carbonyl (C=O) groups is 1. The highest BCUT2D eigenvalue weighted by atomic mass is 35.5. The fraction of sp³-hybridized carbons (Fsp3) is 0.381. The van der Waals surface area contributed by atoms with Crippen molar-refractivity contribution in [3.05, 3.63) is 63.6 Å². The Balaban J connectivity index is 1.76. The minimum Gasteiger partial charge on any atom is -0.481 e. The molecule has 1 N–H and O–H groups in total. The molecule has 6 heteroatoms. The molecule has 1 atom stereocenters. The molecule has 2 aromatic carbocycles. The Kier molecular flexibility index (Phi) is 8.81. The zero-order valence-corrected chi connectivity index (χ0v) is 18.1. The quantitative estimate of drug-likeness (QED) is 0.505. The van der Waals surface area contributed by atoms with Crippen LogP contribution in [0.5, 0.6) is 5.75 Å². The molecule has 0 unspecified atom stereocenters. The number of benzene rings is 2. The van der Waals surface area contributed by atoms with Gasteiger partial charge in [-0.05, 0) is 42.2 Å². The van der Waals surface area contributed by atoms with E-state index in [0.29, 0.717) is 28.3 Å². The molecule has 0 fully saturated rings. The smallest absolute Gasteiger partial charge is 0.260 e. The van der Waals surface area contributed by atoms with Crippen molar-refractivity contribution in [3.8, 4) is 5.75 Å². The molecule has 1 amide bonds. The minimum atomic E-state index is -0.548. The predicted molar refractivity (Wildman–Crippen MR) is 116 cm³/mol. The summed E-state index contributed by atoms with van der Waals surface area (Å²) in [7, 11) is 0. The third-order valence-electron chi connectivity index (χ3n) is 4.07. The van der Waals surface area contributed by atoms with E-state index in [1.807, 2.05) is 42.5 Å². The first kappa shape index (κ1) is 21.9. The standard InChI is InChI=1S/C21H25Cl2NO2S/c1-14(2)16-7-4-5-10-20(16)26-15(3)21(25)24-11-12-27-13-17-18(22)8-6-9-19(17)23/h4-10,14-15H,11-13H2,1-3H3,(H,24,25)/t15-/m0/s1. The molecule has 2 aromatic rings. The molecule has 0 aliphatic carbocycles. The van der Waals surface area contributed by atoms with Crippen molar-refractivity contribution >= 4 is 40.9 Å². The summed E-state index contributed by atoms with van der Waals surface area (Å²) >= 11 is 14.0. The normalized spacial score (nSPS) is 12.1. The lowest BCUT2D eigenvalue weighted by Crippen LogP contribution is -2.37. The Hall–Kier alpha value is -1.36. The van der Waals surface area contributed by atoms with Crippen LogP contribution in [-0.4, -0.2) is 24.3 Å². The van der Waals surface area contributed by atoms with Gasteiger partial charge in [-0.15, -0.1) is 0 Å². The molecule has 0 aromatic heterocycles. The van der Waals surface area contributed by atoms with E-state index in [1.54, 1.807) is 18.7 Å². The molecule has 3 nitrogen and oxygen atoms in total. The number of rotatable bonds is 9. The summed E-state index contributed by atoms with van der Waals surface area (Å²) in [6, 6.07) is 13.3. The van der Waals surface area contributed by atoms with Gasteiger partial charge in [0.2, 0.25) is 0 Å². The van der Waals surface area contributed by atoms with Crippen molar-refractivity contribution in [2.45, 2.75) is 38.5 Å². The van der Waals surface area contributed by atoms with E-state index in [9.17, 15) is 4.79 Å². The summed E-state index contributed by atoms with van der Waals surface area (Å²) in [5, 5.41) is 4.26. The van der Waals surface area contributed by atoms with Gasteiger partial charge in [-0.3, -0.25) is 4.79 Å². The summed E-state index contributed by atoms with van der Waals surface area (Å²) in [4.78, 5) is 12.3. The van der Waals surface area contributed by atoms with E-state index in [2.05, 4.69) is 19.2 Å². The maximum Gasteiger partial charge on any atom is 0.260 e. The van der Waals surface area contributed by atoms with E-state index in [-0.39, 0.29) is 5.91 Å². The Morgan fingerprint density at radius 1 is 1.07 bits per heavy atom. The maximum atomic E-state index is 12.3. The molecule has 146 valence electrons. The number of thioether (sulfide) groups is 1. The Morgan fingerprint density at radius 2 is 1.74 bits per heavy atom. The molecule has 0 aliphatic heterocycles. The molecule has 0 aliphatic rings. The SMILES string of the molecule is CC(C)c1ccccc1O[C@@H](C)C(=O)NCCSCc1c(Cl)cccc1Cl. The Morgan fingerprint density at radius 3 is 2.41 bits per heavy atom. The van der Waals surface area contributed by atoms with Crippen LogP contribution in [0.25, 0.3) is 0 Å². The molecule has 27 heavy (non-hydrogen) atoms. The largest absolute Gasteiger partial charge is 0.481 e. The minimum absolute atomic E-state index is 0.120. The van der Waals surface area contributed by atoms with Crippen LogP contribution in [0.15, 0.2) is 42.5 Å². The van der Waals surface area contributed by atoms with Crippen LogP contribution in [0.4, 0.5) is 0 Å². The molecule has 0 radical (unpaired) electrons. The fourth-order valence-electron chi connectivity index (χ4n) is 2.54. The number of halogens is 2. The first-order valence-corrected chi connectivity index (χ1v) is 10.8. The summed E-state index contributed by atoms with van der Waals surface area (Å²) in [5.41, 5.74) is 2.03. The molecule has 2 rings (SSSR count). The van der Waals surface area contributed by atoms with Crippen LogP contribution < -0.4 is 10.1 Å². The summed E-state index contributed by atoms with van der Waals surface area (Å²) in [6.45, 7) is 6.54. The number of para-hydroxylation sites is 1. The summed E-state index contributed by atoms with van der Waals surface area (Å²) < 4.78 is 5.87. The second kappa shape index (κ2) is 10.8. The number of ether oxygens (including phenoxy) is 1. The maximum absolute atomic E-state index is 12.3. The second-order valence-corrected chi connectivity index (χ2v) is 8.42. The molecule has 0 bridgehead atoms. The highest BCUT2D eigenvalue weighted by Gasteiger charge is 2.16. The third kappa shape index (κ3) is 6.63. The zero-order valence-electron chi connectivity index (χ0n) is 15.8. The van der Waals surface area contributed by atoms with E-state index in [4.69, 9.17) is 27.9 Å².